The van der Waals surface area contributed by atoms with Crippen LogP contribution in [0.25, 0.3) is 0 Å². The van der Waals surface area contributed by atoms with Crippen molar-refractivity contribution in [1.29, 1.82) is 0 Å². The van der Waals surface area contributed by atoms with Crippen molar-refractivity contribution in [2.45, 2.75) is 19.5 Å². The van der Waals surface area contributed by atoms with Crippen LogP contribution in [0, 0.1) is 0 Å². The van der Waals surface area contributed by atoms with Crippen molar-refractivity contribution >= 4 is 5.97 Å². The maximum absolute atomic E-state index is 12.6. The molecule has 0 bridgehead atoms. The fourth-order valence-corrected chi connectivity index (χ4v) is 1.21. The third-order valence-electron chi connectivity index (χ3n) is 1.75. The van der Waals surface area contributed by atoms with Gasteiger partial charge in [-0.05, 0) is 18.6 Å². The van der Waals surface area contributed by atoms with Gasteiger partial charge in [0.25, 0.3) is 0 Å². The van der Waals surface area contributed by atoms with E-state index in [1.807, 2.05) is 0 Å². The molecule has 0 heterocycles. The summed E-state index contributed by atoms with van der Waals surface area (Å²) in [6.45, 7) is 1.42. The Hall–Kier alpha value is -1.38. The highest BCUT2D eigenvalue weighted by molar-refractivity contribution is 5.89. The third kappa shape index (κ3) is 2.54. The van der Waals surface area contributed by atoms with Crippen LogP contribution in [0.1, 0.15) is 22.8 Å². The first-order valence-corrected chi connectivity index (χ1v) is 4.06. The van der Waals surface area contributed by atoms with E-state index in [1.54, 1.807) is 18.2 Å². The second-order valence-electron chi connectivity index (χ2n) is 2.95. The Morgan fingerprint density at radius 1 is 1.54 bits per heavy atom. The van der Waals surface area contributed by atoms with Crippen LogP contribution in [0.4, 0.5) is 4.39 Å². The zero-order valence-electron chi connectivity index (χ0n) is 7.33. The van der Waals surface area contributed by atoms with Gasteiger partial charge in [0.05, 0.1) is 5.56 Å². The molecule has 2 nitrogen and oxygen atoms in total. The van der Waals surface area contributed by atoms with E-state index in [1.165, 1.54) is 13.0 Å². The molecule has 0 fully saturated rings. The quantitative estimate of drug-likeness (QED) is 0.778. The Bertz CT molecular complexity index is 308. The minimum absolute atomic E-state index is 0.155. The minimum Gasteiger partial charge on any atom is -0.478 e. The third-order valence-corrected chi connectivity index (χ3v) is 1.75. The first-order valence-electron chi connectivity index (χ1n) is 4.06. The summed E-state index contributed by atoms with van der Waals surface area (Å²) in [6, 6.07) is 6.47. The number of carboxylic acid groups (broad SMARTS) is 1. The van der Waals surface area contributed by atoms with E-state index in [0.717, 1.165) is 0 Å². The normalized spacial score (nSPS) is 12.5. The van der Waals surface area contributed by atoms with E-state index in [4.69, 9.17) is 5.11 Å². The zero-order valence-corrected chi connectivity index (χ0v) is 7.33. The van der Waals surface area contributed by atoms with Crippen LogP contribution in [-0.4, -0.2) is 17.2 Å². The van der Waals surface area contributed by atoms with Gasteiger partial charge in [-0.15, -0.1) is 0 Å². The molecule has 0 aliphatic heterocycles. The van der Waals surface area contributed by atoms with Gasteiger partial charge in [0.1, 0.15) is 6.17 Å². The molecule has 0 amide bonds. The van der Waals surface area contributed by atoms with Crippen molar-refractivity contribution in [3.05, 3.63) is 35.4 Å². The van der Waals surface area contributed by atoms with Crippen LogP contribution < -0.4 is 0 Å². The molecule has 0 aliphatic carbocycles. The summed E-state index contributed by atoms with van der Waals surface area (Å²) in [5.41, 5.74) is 0.733. The lowest BCUT2D eigenvalue weighted by Crippen LogP contribution is -2.06. The molecule has 0 saturated heterocycles. The van der Waals surface area contributed by atoms with Crippen molar-refractivity contribution < 1.29 is 14.3 Å². The minimum atomic E-state index is -1.01. The molecule has 13 heavy (non-hydrogen) atoms. The fraction of sp³-hybridized carbons (Fsp3) is 0.300. The van der Waals surface area contributed by atoms with Crippen LogP contribution in [0.5, 0.6) is 0 Å². The maximum atomic E-state index is 12.6. The van der Waals surface area contributed by atoms with Crippen LogP contribution in [0.3, 0.4) is 0 Å². The SMILES string of the molecule is CC(F)Cc1ccccc1C(=O)O. The molecule has 1 atom stereocenters. The molecule has 0 saturated carbocycles. The Morgan fingerprint density at radius 3 is 2.69 bits per heavy atom. The van der Waals surface area contributed by atoms with E-state index in [9.17, 15) is 9.18 Å². The van der Waals surface area contributed by atoms with E-state index in [2.05, 4.69) is 0 Å². The first-order chi connectivity index (χ1) is 6.11. The van der Waals surface area contributed by atoms with Gasteiger partial charge in [-0.2, -0.15) is 0 Å². The van der Waals surface area contributed by atoms with E-state index in [0.29, 0.717) is 5.56 Å². The number of rotatable bonds is 3. The number of carbonyl (C=O) groups is 1. The van der Waals surface area contributed by atoms with Gasteiger partial charge in [-0.1, -0.05) is 18.2 Å². The second kappa shape index (κ2) is 4.03. The summed E-state index contributed by atoms with van der Waals surface area (Å²) in [6.07, 6.45) is -0.858. The lowest BCUT2D eigenvalue weighted by molar-refractivity contribution is 0.0695. The molecule has 0 aliphatic rings. The van der Waals surface area contributed by atoms with Gasteiger partial charge in [0, 0.05) is 6.42 Å². The predicted octanol–water partition coefficient (Wildman–Crippen LogP) is 2.29. The molecule has 0 radical (unpaired) electrons. The number of halogens is 1. The number of carboxylic acids is 1. The van der Waals surface area contributed by atoms with Gasteiger partial charge >= 0.3 is 5.97 Å². The lowest BCUT2D eigenvalue weighted by Gasteiger charge is -2.05. The van der Waals surface area contributed by atoms with Gasteiger partial charge < -0.3 is 5.11 Å². The summed E-state index contributed by atoms with van der Waals surface area (Å²) in [5, 5.41) is 8.76. The Morgan fingerprint density at radius 2 is 2.15 bits per heavy atom. The zero-order chi connectivity index (χ0) is 9.84. The number of hydrogen-bond donors (Lipinski definition) is 1. The smallest absolute Gasteiger partial charge is 0.335 e. The largest absolute Gasteiger partial charge is 0.478 e. The Labute approximate surface area is 76.0 Å². The summed E-state index contributed by atoms with van der Waals surface area (Å²) >= 11 is 0. The Balaban J connectivity index is 2.98. The molecule has 1 aromatic carbocycles. The molecule has 0 aromatic heterocycles. The number of hydrogen-bond acceptors (Lipinski definition) is 1. The summed E-state index contributed by atoms with van der Waals surface area (Å²) in [7, 11) is 0. The highest BCUT2D eigenvalue weighted by Crippen LogP contribution is 2.12. The van der Waals surface area contributed by atoms with Gasteiger partial charge in [-0.25, -0.2) is 9.18 Å². The highest BCUT2D eigenvalue weighted by atomic mass is 19.1. The van der Waals surface area contributed by atoms with Crippen LogP contribution in [0.15, 0.2) is 24.3 Å². The van der Waals surface area contributed by atoms with Gasteiger partial charge in [-0.3, -0.25) is 0 Å². The lowest BCUT2D eigenvalue weighted by atomic mass is 10.0. The van der Waals surface area contributed by atoms with Crippen molar-refractivity contribution in [1.82, 2.24) is 0 Å². The van der Waals surface area contributed by atoms with Crippen LogP contribution in [-0.2, 0) is 6.42 Å². The van der Waals surface area contributed by atoms with Crippen molar-refractivity contribution in [3.8, 4) is 0 Å². The maximum Gasteiger partial charge on any atom is 0.335 e. The molecule has 1 rings (SSSR count). The van der Waals surface area contributed by atoms with Gasteiger partial charge in [0.2, 0.25) is 0 Å². The molecule has 1 N–H and O–H groups in total. The number of benzene rings is 1. The molecule has 70 valence electrons. The molecule has 1 unspecified atom stereocenters. The average Bonchev–Trinajstić information content (AvgIpc) is 2.03. The summed E-state index contributed by atoms with van der Waals surface area (Å²) in [5.74, 6) is -1.00. The average molecular weight is 182 g/mol. The van der Waals surface area contributed by atoms with Crippen molar-refractivity contribution in [3.63, 3.8) is 0 Å². The van der Waals surface area contributed by atoms with E-state index in [-0.39, 0.29) is 12.0 Å². The topological polar surface area (TPSA) is 37.3 Å². The second-order valence-corrected chi connectivity index (χ2v) is 2.95. The fourth-order valence-electron chi connectivity index (χ4n) is 1.21. The summed E-state index contributed by atoms with van der Waals surface area (Å²) < 4.78 is 12.6. The molecular weight excluding hydrogens is 171 g/mol. The van der Waals surface area contributed by atoms with Crippen molar-refractivity contribution in [2.75, 3.05) is 0 Å². The van der Waals surface area contributed by atoms with E-state index < -0.39 is 12.1 Å². The highest BCUT2D eigenvalue weighted by Gasteiger charge is 2.10. The van der Waals surface area contributed by atoms with Crippen LogP contribution >= 0.6 is 0 Å². The predicted molar refractivity (Wildman–Crippen MR) is 47.7 cm³/mol. The standard InChI is InChI=1S/C10H11FO2/c1-7(11)6-8-4-2-3-5-9(8)10(12)13/h2-5,7H,6H2,1H3,(H,12,13). The van der Waals surface area contributed by atoms with Gasteiger partial charge in [0.15, 0.2) is 0 Å². The monoisotopic (exact) mass is 182 g/mol. The molecule has 0 spiro atoms. The van der Waals surface area contributed by atoms with Crippen molar-refractivity contribution in [2.24, 2.45) is 0 Å². The summed E-state index contributed by atoms with van der Waals surface area (Å²) in [4.78, 5) is 10.7. The Kier molecular flexibility index (Phi) is 3.01. The van der Waals surface area contributed by atoms with Crippen LogP contribution in [0.2, 0.25) is 0 Å². The number of alkyl halides is 1. The molecule has 1 aromatic rings. The first kappa shape index (κ1) is 9.71. The number of aromatic carboxylic acids is 1. The van der Waals surface area contributed by atoms with E-state index >= 15 is 0 Å². The molecular formula is C10H11FO2. The molecule has 3 heteroatoms.